The summed E-state index contributed by atoms with van der Waals surface area (Å²) in [6.45, 7) is 0. The standard InChI is InChI=1S/C16H15ClF3N3O4/c17-10-5-9(6-12(7-10)27-16(18,19)20)8-1-3-11(4-2-8)26-14-13(15(24)25)21-23-22-14/h5-8,11H,1-4H2,(H,24,25)(H,21,22,23)/t8-,11+. The van der Waals surface area contributed by atoms with Gasteiger partial charge >= 0.3 is 12.3 Å². The van der Waals surface area contributed by atoms with Crippen LogP contribution in [0.25, 0.3) is 0 Å². The van der Waals surface area contributed by atoms with Gasteiger partial charge in [0, 0.05) is 5.02 Å². The Morgan fingerprint density at radius 1 is 1.22 bits per heavy atom. The van der Waals surface area contributed by atoms with Gasteiger partial charge in [0.05, 0.1) is 0 Å². The fraction of sp³-hybridized carbons (Fsp3) is 0.438. The van der Waals surface area contributed by atoms with Crippen molar-refractivity contribution in [3.8, 4) is 11.6 Å². The molecule has 0 aliphatic heterocycles. The monoisotopic (exact) mass is 405 g/mol. The largest absolute Gasteiger partial charge is 0.573 e. The number of aromatic carboxylic acids is 1. The molecule has 27 heavy (non-hydrogen) atoms. The average molecular weight is 406 g/mol. The summed E-state index contributed by atoms with van der Waals surface area (Å²) < 4.78 is 46.8. The molecule has 0 amide bonds. The van der Waals surface area contributed by atoms with Crippen LogP contribution in [0.5, 0.6) is 11.6 Å². The number of hydrogen-bond donors (Lipinski definition) is 2. The number of H-pyrrole nitrogens is 1. The average Bonchev–Trinajstić information content (AvgIpc) is 3.01. The number of nitrogens with zero attached hydrogens (tertiary/aromatic N) is 2. The summed E-state index contributed by atoms with van der Waals surface area (Å²) in [5.74, 6) is -1.65. The molecule has 1 fully saturated rings. The quantitative estimate of drug-likeness (QED) is 0.775. The van der Waals surface area contributed by atoms with E-state index >= 15 is 0 Å². The number of rotatable bonds is 5. The van der Waals surface area contributed by atoms with E-state index in [4.69, 9.17) is 21.4 Å². The highest BCUT2D eigenvalue weighted by atomic mass is 35.5. The number of halogens is 4. The maximum absolute atomic E-state index is 12.4. The third-order valence-electron chi connectivity index (χ3n) is 4.28. The third-order valence-corrected chi connectivity index (χ3v) is 4.50. The van der Waals surface area contributed by atoms with E-state index in [1.54, 1.807) is 6.07 Å². The van der Waals surface area contributed by atoms with E-state index in [1.165, 1.54) is 6.07 Å². The molecule has 0 bridgehead atoms. The van der Waals surface area contributed by atoms with Gasteiger partial charge in [-0.15, -0.1) is 13.2 Å². The van der Waals surface area contributed by atoms with Crippen molar-refractivity contribution in [2.75, 3.05) is 0 Å². The van der Waals surface area contributed by atoms with Gasteiger partial charge in [-0.25, -0.2) is 9.89 Å². The summed E-state index contributed by atoms with van der Waals surface area (Å²) in [5, 5.41) is 18.5. The number of ether oxygens (including phenoxy) is 2. The number of hydrogen-bond acceptors (Lipinski definition) is 5. The van der Waals surface area contributed by atoms with Crippen molar-refractivity contribution in [3.05, 3.63) is 34.5 Å². The van der Waals surface area contributed by atoms with Gasteiger partial charge in [0.25, 0.3) is 5.88 Å². The smallest absolute Gasteiger partial charge is 0.476 e. The molecule has 1 aromatic carbocycles. The van der Waals surface area contributed by atoms with Crippen LogP contribution in [0.15, 0.2) is 18.2 Å². The molecule has 146 valence electrons. The summed E-state index contributed by atoms with van der Waals surface area (Å²) in [5.41, 5.74) is 0.439. The highest BCUT2D eigenvalue weighted by Gasteiger charge is 2.32. The molecular weight excluding hydrogens is 391 g/mol. The molecule has 2 aromatic rings. The van der Waals surface area contributed by atoms with Crippen molar-refractivity contribution in [2.24, 2.45) is 0 Å². The van der Waals surface area contributed by atoms with Gasteiger partial charge in [-0.1, -0.05) is 21.9 Å². The molecule has 1 saturated carbocycles. The molecule has 0 spiro atoms. The molecule has 7 nitrogen and oxygen atoms in total. The predicted octanol–water partition coefficient (Wildman–Crippen LogP) is 4.16. The number of aromatic amines is 1. The molecule has 1 aliphatic rings. The Morgan fingerprint density at radius 2 is 1.93 bits per heavy atom. The molecule has 3 rings (SSSR count). The van der Waals surface area contributed by atoms with Crippen LogP contribution in [-0.2, 0) is 0 Å². The summed E-state index contributed by atoms with van der Waals surface area (Å²) in [4.78, 5) is 11.0. The zero-order chi connectivity index (χ0) is 19.6. The first-order valence-corrected chi connectivity index (χ1v) is 8.46. The molecule has 2 N–H and O–H groups in total. The Bertz CT molecular complexity index is 819. The highest BCUT2D eigenvalue weighted by molar-refractivity contribution is 6.30. The van der Waals surface area contributed by atoms with Gasteiger partial charge < -0.3 is 14.6 Å². The van der Waals surface area contributed by atoms with E-state index in [2.05, 4.69) is 20.1 Å². The molecule has 0 radical (unpaired) electrons. The van der Waals surface area contributed by atoms with Crippen molar-refractivity contribution >= 4 is 17.6 Å². The SMILES string of the molecule is O=C(O)c1[nH]nnc1O[C@H]1CC[C@@H](c2cc(Cl)cc(OC(F)(F)F)c2)CC1. The first-order chi connectivity index (χ1) is 12.7. The van der Waals surface area contributed by atoms with Gasteiger partial charge in [0.1, 0.15) is 11.9 Å². The van der Waals surface area contributed by atoms with Crippen LogP contribution < -0.4 is 9.47 Å². The van der Waals surface area contributed by atoms with Crippen LogP contribution >= 0.6 is 11.6 Å². The molecule has 1 aromatic heterocycles. The van der Waals surface area contributed by atoms with Crippen LogP contribution in [0.3, 0.4) is 0 Å². The van der Waals surface area contributed by atoms with Crippen molar-refractivity contribution in [1.82, 2.24) is 15.4 Å². The van der Waals surface area contributed by atoms with E-state index in [1.807, 2.05) is 0 Å². The molecule has 0 unspecified atom stereocenters. The molecular formula is C16H15ClF3N3O4. The van der Waals surface area contributed by atoms with Crippen LogP contribution in [0.4, 0.5) is 13.2 Å². The summed E-state index contributed by atoms with van der Waals surface area (Å²) in [7, 11) is 0. The Morgan fingerprint density at radius 3 is 2.56 bits per heavy atom. The number of aromatic nitrogens is 3. The van der Waals surface area contributed by atoms with Gasteiger partial charge in [0.2, 0.25) is 5.69 Å². The Hall–Kier alpha value is -2.49. The van der Waals surface area contributed by atoms with E-state index in [0.29, 0.717) is 31.2 Å². The van der Waals surface area contributed by atoms with Crippen molar-refractivity contribution in [3.63, 3.8) is 0 Å². The Kier molecular flexibility index (Phi) is 5.45. The second-order valence-corrected chi connectivity index (χ2v) is 6.59. The lowest BCUT2D eigenvalue weighted by Gasteiger charge is -2.29. The van der Waals surface area contributed by atoms with E-state index in [0.717, 1.165) is 6.07 Å². The number of nitrogens with one attached hydrogen (secondary N) is 1. The number of benzene rings is 1. The fourth-order valence-corrected chi connectivity index (χ4v) is 3.36. The number of alkyl halides is 3. The van der Waals surface area contributed by atoms with Crippen LogP contribution in [-0.4, -0.2) is 39.0 Å². The second-order valence-electron chi connectivity index (χ2n) is 6.16. The molecule has 1 heterocycles. The van der Waals surface area contributed by atoms with Crippen LogP contribution in [0.1, 0.15) is 47.7 Å². The minimum absolute atomic E-state index is 0.00427. The fourth-order valence-electron chi connectivity index (χ4n) is 3.12. The minimum Gasteiger partial charge on any atom is -0.476 e. The van der Waals surface area contributed by atoms with Gasteiger partial charge in [-0.3, -0.25) is 0 Å². The van der Waals surface area contributed by atoms with Gasteiger partial charge in [-0.2, -0.15) is 0 Å². The Labute approximate surface area is 156 Å². The van der Waals surface area contributed by atoms with E-state index < -0.39 is 12.3 Å². The minimum atomic E-state index is -4.78. The van der Waals surface area contributed by atoms with Gasteiger partial charge in [0.15, 0.2) is 0 Å². The second kappa shape index (κ2) is 7.63. The number of carbonyl (C=O) groups is 1. The van der Waals surface area contributed by atoms with Crippen molar-refractivity contribution in [1.29, 1.82) is 0 Å². The van der Waals surface area contributed by atoms with Crippen LogP contribution in [0, 0.1) is 0 Å². The summed E-state index contributed by atoms with van der Waals surface area (Å²) >= 11 is 5.92. The molecule has 11 heteroatoms. The molecule has 1 aliphatic carbocycles. The lowest BCUT2D eigenvalue weighted by Crippen LogP contribution is -2.24. The highest BCUT2D eigenvalue weighted by Crippen LogP contribution is 2.38. The topological polar surface area (TPSA) is 97.3 Å². The maximum Gasteiger partial charge on any atom is 0.573 e. The van der Waals surface area contributed by atoms with Crippen molar-refractivity contribution in [2.45, 2.75) is 44.1 Å². The lowest BCUT2D eigenvalue weighted by molar-refractivity contribution is -0.274. The number of carboxylic acid groups (broad SMARTS) is 1. The van der Waals surface area contributed by atoms with Gasteiger partial charge in [-0.05, 0) is 55.4 Å². The first kappa shape index (κ1) is 19.3. The number of carboxylic acids is 1. The first-order valence-electron chi connectivity index (χ1n) is 8.08. The lowest BCUT2D eigenvalue weighted by atomic mass is 9.82. The zero-order valence-electron chi connectivity index (χ0n) is 13.8. The zero-order valence-corrected chi connectivity index (χ0v) is 14.5. The molecule has 0 atom stereocenters. The maximum atomic E-state index is 12.4. The summed E-state index contributed by atoms with van der Waals surface area (Å²) in [6, 6.07) is 4.08. The van der Waals surface area contributed by atoms with E-state index in [9.17, 15) is 18.0 Å². The Balaban J connectivity index is 1.64. The third kappa shape index (κ3) is 5.03. The van der Waals surface area contributed by atoms with E-state index in [-0.39, 0.29) is 34.4 Å². The normalized spacial score (nSPS) is 20.3. The summed E-state index contributed by atoms with van der Waals surface area (Å²) in [6.07, 6.45) is -2.60. The molecule has 0 saturated heterocycles. The van der Waals surface area contributed by atoms with Crippen molar-refractivity contribution < 1.29 is 32.5 Å². The van der Waals surface area contributed by atoms with Crippen LogP contribution in [0.2, 0.25) is 5.02 Å². The predicted molar refractivity (Wildman–Crippen MR) is 87.1 cm³/mol.